The number of carboxylic acid groups (broad SMARTS) is 1. The van der Waals surface area contributed by atoms with Crippen LogP contribution in [0.2, 0.25) is 0 Å². The maximum Gasteiger partial charge on any atom is 0.307 e. The molecule has 0 unspecified atom stereocenters. The third-order valence-corrected chi connectivity index (χ3v) is 1.80. The molecule has 0 aliphatic rings. The van der Waals surface area contributed by atoms with Crippen LogP contribution in [-0.2, 0) is 22.6 Å². The number of phenols is 1. The Morgan fingerprint density at radius 1 is 1.50 bits per heavy atom. The number of ether oxygens (including phenoxy) is 1. The zero-order chi connectivity index (χ0) is 10.6. The van der Waals surface area contributed by atoms with Gasteiger partial charge in [0.05, 0.1) is 13.0 Å². The molecule has 2 N–H and O–H groups in total. The summed E-state index contributed by atoms with van der Waals surface area (Å²) < 4.78 is 4.85. The van der Waals surface area contributed by atoms with Gasteiger partial charge in [-0.3, -0.25) is 4.79 Å². The van der Waals surface area contributed by atoms with Gasteiger partial charge in [0.15, 0.2) is 0 Å². The van der Waals surface area contributed by atoms with Gasteiger partial charge < -0.3 is 14.9 Å². The molecular formula is C10H12O4. The topological polar surface area (TPSA) is 66.8 Å². The fourth-order valence-corrected chi connectivity index (χ4v) is 1.17. The summed E-state index contributed by atoms with van der Waals surface area (Å²) in [4.78, 5) is 10.4. The third kappa shape index (κ3) is 2.74. The lowest BCUT2D eigenvalue weighted by Gasteiger charge is -2.04. The van der Waals surface area contributed by atoms with E-state index in [1.807, 2.05) is 0 Å². The zero-order valence-corrected chi connectivity index (χ0v) is 7.86. The lowest BCUT2D eigenvalue weighted by Crippen LogP contribution is -2.00. The van der Waals surface area contributed by atoms with Crippen LogP contribution in [0.3, 0.4) is 0 Å². The van der Waals surface area contributed by atoms with Gasteiger partial charge in [0.1, 0.15) is 5.75 Å². The van der Waals surface area contributed by atoms with Gasteiger partial charge in [-0.15, -0.1) is 0 Å². The number of carboxylic acids is 1. The number of rotatable bonds is 4. The van der Waals surface area contributed by atoms with E-state index in [0.717, 1.165) is 0 Å². The van der Waals surface area contributed by atoms with E-state index >= 15 is 0 Å². The molecule has 0 bridgehead atoms. The summed E-state index contributed by atoms with van der Waals surface area (Å²) in [6.07, 6.45) is -0.0825. The van der Waals surface area contributed by atoms with E-state index in [-0.39, 0.29) is 12.2 Å². The Labute approximate surface area is 81.8 Å². The molecular weight excluding hydrogens is 184 g/mol. The van der Waals surface area contributed by atoms with Crippen LogP contribution in [-0.4, -0.2) is 23.3 Å². The minimum absolute atomic E-state index is 0.0746. The van der Waals surface area contributed by atoms with Gasteiger partial charge in [-0.1, -0.05) is 12.1 Å². The number of hydrogen-bond acceptors (Lipinski definition) is 3. The van der Waals surface area contributed by atoms with Gasteiger partial charge in [-0.25, -0.2) is 0 Å². The first-order valence-corrected chi connectivity index (χ1v) is 4.15. The van der Waals surface area contributed by atoms with E-state index < -0.39 is 5.97 Å². The van der Waals surface area contributed by atoms with E-state index in [1.165, 1.54) is 13.2 Å². The number of methoxy groups -OCH3 is 1. The lowest BCUT2D eigenvalue weighted by atomic mass is 10.1. The minimum atomic E-state index is -0.913. The van der Waals surface area contributed by atoms with Crippen molar-refractivity contribution < 1.29 is 19.7 Å². The number of phenolic OH excluding ortho intramolecular Hbond substituents is 1. The van der Waals surface area contributed by atoms with Crippen molar-refractivity contribution in [3.05, 3.63) is 29.3 Å². The molecule has 0 fully saturated rings. The highest BCUT2D eigenvalue weighted by molar-refractivity contribution is 5.70. The molecule has 0 spiro atoms. The Balaban J connectivity index is 2.83. The molecule has 14 heavy (non-hydrogen) atoms. The van der Waals surface area contributed by atoms with Gasteiger partial charge >= 0.3 is 5.97 Å². The van der Waals surface area contributed by atoms with Crippen LogP contribution >= 0.6 is 0 Å². The first-order valence-electron chi connectivity index (χ1n) is 4.15. The first kappa shape index (κ1) is 10.5. The van der Waals surface area contributed by atoms with Gasteiger partial charge in [-0.05, 0) is 11.6 Å². The Kier molecular flexibility index (Phi) is 3.48. The number of hydrogen-bond donors (Lipinski definition) is 2. The van der Waals surface area contributed by atoms with Crippen LogP contribution in [0.15, 0.2) is 18.2 Å². The molecule has 0 heterocycles. The molecule has 0 saturated heterocycles. The molecule has 1 aromatic rings. The Bertz CT molecular complexity index is 333. The standard InChI is InChI=1S/C10H12O4/c1-14-6-8-3-2-7(4-9(8)11)5-10(12)13/h2-4,11H,5-6H2,1H3,(H,12,13). The highest BCUT2D eigenvalue weighted by atomic mass is 16.5. The predicted octanol–water partition coefficient (Wildman–Crippen LogP) is 1.17. The van der Waals surface area contributed by atoms with Crippen molar-refractivity contribution in [3.63, 3.8) is 0 Å². The Hall–Kier alpha value is -1.55. The van der Waals surface area contributed by atoms with Crippen molar-refractivity contribution in [3.8, 4) is 5.75 Å². The molecule has 1 aromatic carbocycles. The van der Waals surface area contributed by atoms with Crippen LogP contribution in [0.5, 0.6) is 5.75 Å². The Morgan fingerprint density at radius 2 is 2.21 bits per heavy atom. The first-order chi connectivity index (χ1) is 6.63. The lowest BCUT2D eigenvalue weighted by molar-refractivity contribution is -0.136. The molecule has 0 radical (unpaired) electrons. The highest BCUT2D eigenvalue weighted by Gasteiger charge is 2.05. The number of aliphatic carboxylic acids is 1. The van der Waals surface area contributed by atoms with Crippen molar-refractivity contribution in [2.24, 2.45) is 0 Å². The predicted molar refractivity (Wildman–Crippen MR) is 50.2 cm³/mol. The zero-order valence-electron chi connectivity index (χ0n) is 7.86. The average molecular weight is 196 g/mol. The summed E-state index contributed by atoms with van der Waals surface area (Å²) in [5.41, 5.74) is 1.23. The number of carbonyl (C=O) groups is 1. The van der Waals surface area contributed by atoms with Crippen LogP contribution in [0.25, 0.3) is 0 Å². The third-order valence-electron chi connectivity index (χ3n) is 1.80. The molecule has 4 nitrogen and oxygen atoms in total. The van der Waals surface area contributed by atoms with Crippen molar-refractivity contribution in [1.29, 1.82) is 0 Å². The highest BCUT2D eigenvalue weighted by Crippen LogP contribution is 2.19. The number of aromatic hydroxyl groups is 1. The van der Waals surface area contributed by atoms with Crippen molar-refractivity contribution in [1.82, 2.24) is 0 Å². The summed E-state index contributed by atoms with van der Waals surface area (Å²) >= 11 is 0. The minimum Gasteiger partial charge on any atom is -0.508 e. The summed E-state index contributed by atoms with van der Waals surface area (Å²) in [5.74, 6) is -0.838. The molecule has 0 aliphatic heterocycles. The smallest absolute Gasteiger partial charge is 0.307 e. The molecule has 0 amide bonds. The van der Waals surface area contributed by atoms with E-state index in [1.54, 1.807) is 12.1 Å². The summed E-state index contributed by atoms with van der Waals surface area (Å²) in [7, 11) is 1.53. The Morgan fingerprint density at radius 3 is 2.71 bits per heavy atom. The second kappa shape index (κ2) is 4.62. The molecule has 0 aliphatic carbocycles. The van der Waals surface area contributed by atoms with Gasteiger partial charge in [0.2, 0.25) is 0 Å². The van der Waals surface area contributed by atoms with Crippen molar-refractivity contribution >= 4 is 5.97 Å². The van der Waals surface area contributed by atoms with Crippen LogP contribution < -0.4 is 0 Å². The van der Waals surface area contributed by atoms with Crippen molar-refractivity contribution in [2.45, 2.75) is 13.0 Å². The molecule has 0 aromatic heterocycles. The van der Waals surface area contributed by atoms with Crippen LogP contribution in [0, 0.1) is 0 Å². The maximum absolute atomic E-state index is 10.4. The number of benzene rings is 1. The average Bonchev–Trinajstić information content (AvgIpc) is 2.09. The monoisotopic (exact) mass is 196 g/mol. The fourth-order valence-electron chi connectivity index (χ4n) is 1.17. The quantitative estimate of drug-likeness (QED) is 0.758. The normalized spacial score (nSPS) is 10.1. The van der Waals surface area contributed by atoms with Crippen LogP contribution in [0.1, 0.15) is 11.1 Å². The van der Waals surface area contributed by atoms with Crippen molar-refractivity contribution in [2.75, 3.05) is 7.11 Å². The van der Waals surface area contributed by atoms with E-state index in [0.29, 0.717) is 17.7 Å². The van der Waals surface area contributed by atoms with Gasteiger partial charge in [-0.2, -0.15) is 0 Å². The summed E-state index contributed by atoms with van der Waals surface area (Å²) in [6.45, 7) is 0.319. The molecule has 4 heteroatoms. The summed E-state index contributed by atoms with van der Waals surface area (Å²) in [6, 6.07) is 4.78. The van der Waals surface area contributed by atoms with E-state index in [9.17, 15) is 9.90 Å². The van der Waals surface area contributed by atoms with Crippen LogP contribution in [0.4, 0.5) is 0 Å². The fraction of sp³-hybridized carbons (Fsp3) is 0.300. The second-order valence-electron chi connectivity index (χ2n) is 2.97. The maximum atomic E-state index is 10.4. The summed E-state index contributed by atoms with van der Waals surface area (Å²) in [5, 5.41) is 18.0. The van der Waals surface area contributed by atoms with Gasteiger partial charge in [0.25, 0.3) is 0 Å². The van der Waals surface area contributed by atoms with E-state index in [2.05, 4.69) is 0 Å². The van der Waals surface area contributed by atoms with Gasteiger partial charge in [0, 0.05) is 12.7 Å². The van der Waals surface area contributed by atoms with E-state index in [4.69, 9.17) is 9.84 Å². The molecule has 76 valence electrons. The molecule has 1 rings (SSSR count). The largest absolute Gasteiger partial charge is 0.508 e. The second-order valence-corrected chi connectivity index (χ2v) is 2.97. The molecule has 0 atom stereocenters. The molecule has 0 saturated carbocycles. The SMILES string of the molecule is COCc1ccc(CC(=O)O)cc1O.